The minimum absolute atomic E-state index is 0.0309. The molecular formula is C17H13N3O5S2. The number of nitrogens with zero attached hydrogens (tertiary/aromatic N) is 3. The molecule has 138 valence electrons. The van der Waals surface area contributed by atoms with Crippen molar-refractivity contribution in [2.75, 3.05) is 13.2 Å². The zero-order valence-electron chi connectivity index (χ0n) is 14.1. The summed E-state index contributed by atoms with van der Waals surface area (Å²) >= 11 is 2.37. The van der Waals surface area contributed by atoms with Gasteiger partial charge in [0.15, 0.2) is 16.3 Å². The number of fused-ring (bicyclic) bond motifs is 2. The van der Waals surface area contributed by atoms with Crippen LogP contribution in [-0.2, 0) is 11.8 Å². The maximum Gasteiger partial charge on any atom is 0.324 e. The van der Waals surface area contributed by atoms with E-state index in [0.717, 1.165) is 21.6 Å². The highest BCUT2D eigenvalue weighted by molar-refractivity contribution is 7.16. The third kappa shape index (κ3) is 3.49. The van der Waals surface area contributed by atoms with Crippen molar-refractivity contribution in [3.8, 4) is 11.5 Å². The smallest absolute Gasteiger partial charge is 0.324 e. The first-order valence-corrected chi connectivity index (χ1v) is 9.55. The molecular weight excluding hydrogens is 390 g/mol. The van der Waals surface area contributed by atoms with Gasteiger partial charge in [-0.3, -0.25) is 14.9 Å². The Bertz CT molecular complexity index is 1160. The first-order chi connectivity index (χ1) is 13.0. The predicted octanol–water partition coefficient (Wildman–Crippen LogP) is 3.12. The molecule has 0 radical (unpaired) electrons. The van der Waals surface area contributed by atoms with E-state index < -0.39 is 10.8 Å². The summed E-state index contributed by atoms with van der Waals surface area (Å²) in [7, 11) is 1.83. The summed E-state index contributed by atoms with van der Waals surface area (Å²) < 4.78 is 13.9. The Kier molecular flexibility index (Phi) is 4.50. The molecule has 0 fully saturated rings. The summed E-state index contributed by atoms with van der Waals surface area (Å²) in [6.07, 6.45) is 2.83. The van der Waals surface area contributed by atoms with E-state index in [9.17, 15) is 14.9 Å². The number of thiazole rings is 1. The number of benzene rings is 1. The normalized spacial score (nSPS) is 14.2. The molecule has 1 aliphatic heterocycles. The monoisotopic (exact) mass is 403 g/mol. The number of hydrogen-bond acceptors (Lipinski definition) is 7. The van der Waals surface area contributed by atoms with Crippen molar-refractivity contribution in [3.63, 3.8) is 0 Å². The highest BCUT2D eigenvalue weighted by Gasteiger charge is 2.15. The van der Waals surface area contributed by atoms with Gasteiger partial charge in [0, 0.05) is 36.2 Å². The maximum absolute atomic E-state index is 12.2. The molecule has 0 saturated heterocycles. The molecule has 2 aromatic heterocycles. The van der Waals surface area contributed by atoms with Crippen molar-refractivity contribution < 1.29 is 19.2 Å². The average molecular weight is 403 g/mol. The van der Waals surface area contributed by atoms with E-state index in [2.05, 4.69) is 4.99 Å². The van der Waals surface area contributed by atoms with E-state index in [1.807, 2.05) is 23.7 Å². The summed E-state index contributed by atoms with van der Waals surface area (Å²) in [6, 6.07) is 6.77. The zero-order valence-corrected chi connectivity index (χ0v) is 15.7. The lowest BCUT2D eigenvalue weighted by molar-refractivity contribution is -0.380. The van der Waals surface area contributed by atoms with Crippen LogP contribution in [0, 0.1) is 10.1 Å². The van der Waals surface area contributed by atoms with Gasteiger partial charge in [-0.25, -0.2) is 0 Å². The van der Waals surface area contributed by atoms with Crippen LogP contribution in [0.5, 0.6) is 11.5 Å². The third-order valence-corrected chi connectivity index (χ3v) is 5.96. The quantitative estimate of drug-likeness (QED) is 0.380. The fourth-order valence-electron chi connectivity index (χ4n) is 2.59. The second kappa shape index (κ2) is 6.97. The number of amides is 1. The molecule has 8 nitrogen and oxygen atoms in total. The van der Waals surface area contributed by atoms with Crippen LogP contribution in [0.15, 0.2) is 35.3 Å². The number of aryl methyl sites for hydroxylation is 1. The SMILES string of the molecule is Cn1c(=NC(=O)C=Cc2ccc([N+](=O)[O-])s2)sc2cc3c(cc21)OCCO3. The van der Waals surface area contributed by atoms with Crippen LogP contribution in [0.3, 0.4) is 0 Å². The molecule has 0 spiro atoms. The van der Waals surface area contributed by atoms with E-state index in [1.165, 1.54) is 29.6 Å². The van der Waals surface area contributed by atoms with Gasteiger partial charge in [0.05, 0.1) is 15.1 Å². The van der Waals surface area contributed by atoms with E-state index >= 15 is 0 Å². The number of nitro groups is 1. The molecule has 1 amide bonds. The number of hydrogen-bond donors (Lipinski definition) is 0. The van der Waals surface area contributed by atoms with Crippen LogP contribution in [0.1, 0.15) is 4.88 Å². The summed E-state index contributed by atoms with van der Waals surface area (Å²) in [4.78, 5) is 27.7. The number of thiophene rings is 1. The van der Waals surface area contributed by atoms with Crippen LogP contribution in [0.4, 0.5) is 5.00 Å². The van der Waals surface area contributed by atoms with E-state index in [-0.39, 0.29) is 5.00 Å². The highest BCUT2D eigenvalue weighted by Crippen LogP contribution is 2.35. The van der Waals surface area contributed by atoms with Crippen LogP contribution in [0.2, 0.25) is 0 Å². The molecule has 4 rings (SSSR count). The molecule has 3 aromatic rings. The van der Waals surface area contributed by atoms with Gasteiger partial charge in [0.2, 0.25) is 0 Å². The largest absolute Gasteiger partial charge is 0.486 e. The Labute approximate surface area is 160 Å². The van der Waals surface area contributed by atoms with Crippen molar-refractivity contribution in [2.24, 2.45) is 12.0 Å². The molecule has 27 heavy (non-hydrogen) atoms. The lowest BCUT2D eigenvalue weighted by Gasteiger charge is -2.18. The van der Waals surface area contributed by atoms with Crippen LogP contribution in [-0.4, -0.2) is 28.6 Å². The van der Waals surface area contributed by atoms with Crippen molar-refractivity contribution >= 4 is 49.9 Å². The molecule has 3 heterocycles. The number of carbonyl (C=O) groups excluding carboxylic acids is 1. The van der Waals surface area contributed by atoms with Gasteiger partial charge in [-0.2, -0.15) is 4.99 Å². The second-order valence-corrected chi connectivity index (χ2v) is 7.73. The van der Waals surface area contributed by atoms with Gasteiger partial charge in [0.25, 0.3) is 5.91 Å². The van der Waals surface area contributed by atoms with E-state index in [0.29, 0.717) is 34.4 Å². The van der Waals surface area contributed by atoms with Gasteiger partial charge < -0.3 is 14.0 Å². The van der Waals surface area contributed by atoms with E-state index in [4.69, 9.17) is 9.47 Å². The number of rotatable bonds is 3. The molecule has 0 unspecified atom stereocenters. The van der Waals surface area contributed by atoms with Crippen LogP contribution in [0.25, 0.3) is 16.3 Å². The minimum Gasteiger partial charge on any atom is -0.486 e. The van der Waals surface area contributed by atoms with Crippen LogP contribution < -0.4 is 14.3 Å². The lowest BCUT2D eigenvalue weighted by Crippen LogP contribution is -2.15. The average Bonchev–Trinajstić information content (AvgIpc) is 3.24. The summed E-state index contributed by atoms with van der Waals surface area (Å²) in [6.45, 7) is 1.02. The summed E-state index contributed by atoms with van der Waals surface area (Å²) in [5, 5.41) is 10.7. The Morgan fingerprint density at radius 2 is 2.00 bits per heavy atom. The van der Waals surface area contributed by atoms with Gasteiger partial charge in [0.1, 0.15) is 13.2 Å². The Balaban J connectivity index is 1.63. The molecule has 10 heteroatoms. The summed E-state index contributed by atoms with van der Waals surface area (Å²) in [5.74, 6) is 0.928. The fourth-order valence-corrected chi connectivity index (χ4v) is 4.34. The molecule has 0 N–H and O–H groups in total. The number of carbonyl (C=O) groups is 1. The molecule has 1 aromatic carbocycles. The maximum atomic E-state index is 12.2. The standard InChI is InChI=1S/C17H13N3O5S2/c1-19-11-8-12-13(25-7-6-24-12)9-14(11)27-17(19)18-15(21)4-2-10-3-5-16(26-10)20(22)23/h2-5,8-9H,6-7H2,1H3. The van der Waals surface area contributed by atoms with Crippen molar-refractivity contribution in [3.05, 3.63) is 50.1 Å². The molecule has 0 saturated carbocycles. The van der Waals surface area contributed by atoms with Crippen molar-refractivity contribution in [1.29, 1.82) is 0 Å². The van der Waals surface area contributed by atoms with Crippen molar-refractivity contribution in [2.45, 2.75) is 0 Å². The molecule has 0 aliphatic carbocycles. The van der Waals surface area contributed by atoms with Crippen molar-refractivity contribution in [1.82, 2.24) is 4.57 Å². The summed E-state index contributed by atoms with van der Waals surface area (Å²) in [5.41, 5.74) is 0.897. The van der Waals surface area contributed by atoms with Gasteiger partial charge in [-0.15, -0.1) is 0 Å². The van der Waals surface area contributed by atoms with Gasteiger partial charge >= 0.3 is 5.00 Å². The first kappa shape index (κ1) is 17.4. The van der Waals surface area contributed by atoms with E-state index in [1.54, 1.807) is 6.07 Å². The Morgan fingerprint density at radius 1 is 1.26 bits per heavy atom. The lowest BCUT2D eigenvalue weighted by atomic mass is 10.3. The predicted molar refractivity (Wildman–Crippen MR) is 102 cm³/mol. The number of ether oxygens (including phenoxy) is 2. The van der Waals surface area contributed by atoms with Crippen LogP contribution >= 0.6 is 22.7 Å². The molecule has 0 bridgehead atoms. The van der Waals surface area contributed by atoms with Gasteiger partial charge in [-0.1, -0.05) is 22.7 Å². The first-order valence-electron chi connectivity index (χ1n) is 7.91. The van der Waals surface area contributed by atoms with Gasteiger partial charge in [-0.05, 0) is 12.1 Å². The second-order valence-electron chi connectivity index (χ2n) is 5.62. The minimum atomic E-state index is -0.460. The number of aromatic nitrogens is 1. The Hall–Kier alpha value is -2.98. The highest BCUT2D eigenvalue weighted by atomic mass is 32.1. The Morgan fingerprint density at radius 3 is 2.70 bits per heavy atom. The molecule has 1 aliphatic rings. The topological polar surface area (TPSA) is 96.0 Å². The fraction of sp³-hybridized carbons (Fsp3) is 0.176. The zero-order chi connectivity index (χ0) is 19.0. The molecule has 0 atom stereocenters. The third-order valence-electron chi connectivity index (χ3n) is 3.86.